The summed E-state index contributed by atoms with van der Waals surface area (Å²) in [5.41, 5.74) is 4.60. The number of nitrogens with zero attached hydrogens (tertiary/aromatic N) is 1. The number of hydrogen-bond donors (Lipinski definition) is 0. The van der Waals surface area contributed by atoms with Crippen LogP contribution < -0.4 is 4.90 Å². The van der Waals surface area contributed by atoms with Crippen molar-refractivity contribution in [2.24, 2.45) is 0 Å². The van der Waals surface area contributed by atoms with Gasteiger partial charge in [-0.1, -0.05) is 72.8 Å². The first-order chi connectivity index (χ1) is 17.0. The standard InChI is InChI=1S/C32H27NO2/c1-22(34)32(23(2)35-3)26-14-16-29(17-15-26)33(30-18-12-24-8-4-6-10-27(24)20-30)31-19-13-25-9-5-7-11-28(25)21-31/h4-21H,1-3H3/b32-23+. The van der Waals surface area contributed by atoms with E-state index < -0.39 is 0 Å². The summed E-state index contributed by atoms with van der Waals surface area (Å²) in [6.07, 6.45) is 0. The average molecular weight is 458 g/mol. The molecule has 0 N–H and O–H groups in total. The molecule has 0 saturated carbocycles. The van der Waals surface area contributed by atoms with Crippen LogP contribution in [0, 0.1) is 0 Å². The first-order valence-electron chi connectivity index (χ1n) is 11.7. The van der Waals surface area contributed by atoms with E-state index in [9.17, 15) is 4.79 Å². The van der Waals surface area contributed by atoms with Gasteiger partial charge in [-0.05, 0) is 77.4 Å². The van der Waals surface area contributed by atoms with Crippen LogP contribution in [0.1, 0.15) is 19.4 Å². The Bertz CT molecular complexity index is 1490. The number of benzene rings is 5. The maximum Gasteiger partial charge on any atom is 0.163 e. The highest BCUT2D eigenvalue weighted by molar-refractivity contribution is 6.20. The Hall–Kier alpha value is -4.37. The second-order valence-electron chi connectivity index (χ2n) is 8.64. The van der Waals surface area contributed by atoms with Gasteiger partial charge < -0.3 is 9.64 Å². The Morgan fingerprint density at radius 3 is 1.51 bits per heavy atom. The molecule has 5 aromatic rings. The quantitative estimate of drug-likeness (QED) is 0.189. The maximum absolute atomic E-state index is 12.3. The Labute approximate surface area is 205 Å². The molecule has 5 rings (SSSR count). The van der Waals surface area contributed by atoms with E-state index in [1.54, 1.807) is 14.0 Å². The minimum absolute atomic E-state index is 0.0157. The summed E-state index contributed by atoms with van der Waals surface area (Å²) >= 11 is 0. The summed E-state index contributed by atoms with van der Waals surface area (Å²) < 4.78 is 5.37. The third kappa shape index (κ3) is 4.41. The monoisotopic (exact) mass is 457 g/mol. The highest BCUT2D eigenvalue weighted by Gasteiger charge is 2.16. The third-order valence-corrected chi connectivity index (χ3v) is 6.41. The van der Waals surface area contributed by atoms with E-state index in [4.69, 9.17) is 4.74 Å². The van der Waals surface area contributed by atoms with Crippen molar-refractivity contribution < 1.29 is 9.53 Å². The van der Waals surface area contributed by atoms with E-state index in [1.165, 1.54) is 21.5 Å². The van der Waals surface area contributed by atoms with Crippen molar-refractivity contribution in [3.05, 3.63) is 121 Å². The molecule has 0 aliphatic heterocycles. The Kier molecular flexibility index (Phi) is 6.07. The number of rotatable bonds is 6. The maximum atomic E-state index is 12.3. The van der Waals surface area contributed by atoms with Crippen molar-refractivity contribution in [2.45, 2.75) is 13.8 Å². The summed E-state index contributed by atoms with van der Waals surface area (Å²) in [4.78, 5) is 14.6. The van der Waals surface area contributed by atoms with Crippen molar-refractivity contribution in [1.82, 2.24) is 0 Å². The number of methoxy groups -OCH3 is 1. The fourth-order valence-electron chi connectivity index (χ4n) is 4.61. The van der Waals surface area contributed by atoms with Crippen LogP contribution in [0.4, 0.5) is 17.1 Å². The van der Waals surface area contributed by atoms with Crippen molar-refractivity contribution in [2.75, 3.05) is 12.0 Å². The molecule has 0 unspecified atom stereocenters. The third-order valence-electron chi connectivity index (χ3n) is 6.41. The topological polar surface area (TPSA) is 29.5 Å². The molecule has 5 aromatic carbocycles. The van der Waals surface area contributed by atoms with Crippen LogP contribution in [0.25, 0.3) is 27.1 Å². The molecule has 0 aliphatic rings. The smallest absolute Gasteiger partial charge is 0.163 e. The van der Waals surface area contributed by atoms with Crippen molar-refractivity contribution in [1.29, 1.82) is 0 Å². The van der Waals surface area contributed by atoms with Gasteiger partial charge in [-0.15, -0.1) is 0 Å². The summed E-state index contributed by atoms with van der Waals surface area (Å²) in [6, 6.07) is 37.9. The number of ether oxygens (including phenoxy) is 1. The molecule has 172 valence electrons. The first kappa shape index (κ1) is 22.4. The molecule has 0 atom stereocenters. The molecule has 0 saturated heterocycles. The van der Waals surface area contributed by atoms with Gasteiger partial charge in [-0.2, -0.15) is 0 Å². The van der Waals surface area contributed by atoms with Gasteiger partial charge in [0.2, 0.25) is 0 Å². The molecule has 3 nitrogen and oxygen atoms in total. The molecule has 0 spiro atoms. The zero-order valence-electron chi connectivity index (χ0n) is 20.2. The van der Waals surface area contributed by atoms with Gasteiger partial charge in [-0.3, -0.25) is 4.79 Å². The number of hydrogen-bond acceptors (Lipinski definition) is 3. The molecule has 0 bridgehead atoms. The first-order valence-corrected chi connectivity index (χ1v) is 11.7. The predicted octanol–water partition coefficient (Wildman–Crippen LogP) is 8.43. The molecule has 0 amide bonds. The van der Waals surface area contributed by atoms with Gasteiger partial charge in [0.25, 0.3) is 0 Å². The van der Waals surface area contributed by atoms with Crippen LogP contribution in [0.2, 0.25) is 0 Å². The summed E-state index contributed by atoms with van der Waals surface area (Å²) in [5, 5.41) is 4.78. The largest absolute Gasteiger partial charge is 0.501 e. The number of carbonyl (C=O) groups is 1. The van der Waals surface area contributed by atoms with Crippen LogP contribution in [-0.4, -0.2) is 12.9 Å². The zero-order valence-corrected chi connectivity index (χ0v) is 20.2. The molecular weight excluding hydrogens is 430 g/mol. The highest BCUT2D eigenvalue weighted by atomic mass is 16.5. The normalized spacial score (nSPS) is 11.9. The van der Waals surface area contributed by atoms with Gasteiger partial charge in [0.05, 0.1) is 12.7 Å². The summed E-state index contributed by atoms with van der Waals surface area (Å²) in [5.74, 6) is 0.601. The van der Waals surface area contributed by atoms with Crippen LogP contribution in [0.5, 0.6) is 0 Å². The van der Waals surface area contributed by atoms with Crippen LogP contribution in [-0.2, 0) is 9.53 Å². The van der Waals surface area contributed by atoms with Crippen LogP contribution >= 0.6 is 0 Å². The summed E-state index contributed by atoms with van der Waals surface area (Å²) in [7, 11) is 1.59. The lowest BCUT2D eigenvalue weighted by Crippen LogP contribution is -2.10. The second-order valence-corrected chi connectivity index (χ2v) is 8.64. The molecular formula is C32H27NO2. The van der Waals surface area contributed by atoms with E-state index in [1.807, 2.05) is 19.1 Å². The van der Waals surface area contributed by atoms with Gasteiger partial charge >= 0.3 is 0 Å². The highest BCUT2D eigenvalue weighted by Crippen LogP contribution is 2.38. The van der Waals surface area contributed by atoms with Gasteiger partial charge in [0.15, 0.2) is 5.78 Å². The fourth-order valence-corrected chi connectivity index (χ4v) is 4.61. The Morgan fingerprint density at radius 1 is 0.600 bits per heavy atom. The molecule has 0 heterocycles. The number of anilines is 3. The van der Waals surface area contributed by atoms with E-state index in [2.05, 4.69) is 102 Å². The summed E-state index contributed by atoms with van der Waals surface area (Å²) in [6.45, 7) is 3.39. The van der Waals surface area contributed by atoms with Gasteiger partial charge in [-0.25, -0.2) is 0 Å². The Balaban J connectivity index is 1.66. The Morgan fingerprint density at radius 2 is 1.06 bits per heavy atom. The van der Waals surface area contributed by atoms with Crippen LogP contribution in [0.15, 0.2) is 115 Å². The lowest BCUT2D eigenvalue weighted by Gasteiger charge is -2.26. The molecule has 0 aromatic heterocycles. The lowest BCUT2D eigenvalue weighted by molar-refractivity contribution is -0.111. The average Bonchev–Trinajstić information content (AvgIpc) is 2.89. The SMILES string of the molecule is CO/C(C)=C(\C(C)=O)c1ccc(N(c2ccc3ccccc3c2)c2ccc3ccccc3c2)cc1. The molecule has 0 aliphatic carbocycles. The number of Topliss-reactive ketones (excluding diaryl/α,β-unsaturated/α-hetero) is 1. The number of allylic oxidation sites excluding steroid dienone is 2. The van der Waals surface area contributed by atoms with E-state index in [0.717, 1.165) is 22.6 Å². The number of carbonyl (C=O) groups excluding carboxylic acids is 1. The van der Waals surface area contributed by atoms with E-state index in [0.29, 0.717) is 11.3 Å². The minimum Gasteiger partial charge on any atom is -0.501 e. The van der Waals surface area contributed by atoms with Crippen LogP contribution in [0.3, 0.4) is 0 Å². The van der Waals surface area contributed by atoms with E-state index >= 15 is 0 Å². The van der Waals surface area contributed by atoms with Crippen molar-refractivity contribution in [3.63, 3.8) is 0 Å². The fraction of sp³-hybridized carbons (Fsp3) is 0.0938. The minimum atomic E-state index is -0.0157. The molecule has 0 fully saturated rings. The second kappa shape index (κ2) is 9.47. The molecule has 0 radical (unpaired) electrons. The van der Waals surface area contributed by atoms with Gasteiger partial charge in [0.1, 0.15) is 5.76 Å². The molecule has 35 heavy (non-hydrogen) atoms. The van der Waals surface area contributed by atoms with E-state index in [-0.39, 0.29) is 5.78 Å². The number of fused-ring (bicyclic) bond motifs is 2. The van der Waals surface area contributed by atoms with Gasteiger partial charge in [0, 0.05) is 17.1 Å². The lowest BCUT2D eigenvalue weighted by atomic mass is 10.0. The predicted molar refractivity (Wildman–Crippen MR) is 146 cm³/mol. The van der Waals surface area contributed by atoms with Crippen molar-refractivity contribution in [3.8, 4) is 0 Å². The van der Waals surface area contributed by atoms with Crippen molar-refractivity contribution >= 4 is 50.0 Å². The number of ketones is 1. The molecule has 3 heteroatoms. The zero-order chi connectivity index (χ0) is 24.4.